The molecule has 0 saturated heterocycles. The van der Waals surface area contributed by atoms with Crippen LogP contribution in [0.25, 0.3) is 0 Å². The Morgan fingerprint density at radius 2 is 2.04 bits per heavy atom. The first-order valence-electron chi connectivity index (χ1n) is 7.37. The second kappa shape index (κ2) is 7.01. The van der Waals surface area contributed by atoms with E-state index in [0.717, 1.165) is 4.88 Å². The van der Waals surface area contributed by atoms with Gasteiger partial charge in [-0.15, -0.1) is 11.3 Å². The number of carbonyl (C=O) groups excluding carboxylic acids is 2. The number of amides is 1. The summed E-state index contributed by atoms with van der Waals surface area (Å²) >= 11 is 1.25. The Hall–Kier alpha value is -2.75. The Bertz CT molecular complexity index is 854. The Balaban J connectivity index is 2.29. The van der Waals surface area contributed by atoms with Crippen LogP contribution in [0.3, 0.4) is 0 Å². The minimum atomic E-state index is -0.791. The van der Waals surface area contributed by atoms with Crippen molar-refractivity contribution < 1.29 is 19.2 Å². The van der Waals surface area contributed by atoms with Gasteiger partial charge in [0.15, 0.2) is 0 Å². The zero-order valence-electron chi connectivity index (χ0n) is 14.4. The van der Waals surface area contributed by atoms with E-state index in [1.54, 1.807) is 19.9 Å². The Morgan fingerprint density at radius 1 is 1.40 bits per heavy atom. The lowest BCUT2D eigenvalue weighted by Gasteiger charge is -2.13. The molecule has 0 aromatic carbocycles. The normalized spacial score (nSPS) is 11.9. The molecule has 0 aliphatic carbocycles. The molecule has 0 fully saturated rings. The highest BCUT2D eigenvalue weighted by Crippen LogP contribution is 2.30. The number of nitro groups is 1. The van der Waals surface area contributed by atoms with Gasteiger partial charge in [-0.05, 0) is 33.8 Å². The average molecular weight is 366 g/mol. The summed E-state index contributed by atoms with van der Waals surface area (Å²) in [4.78, 5) is 35.7. The van der Waals surface area contributed by atoms with Gasteiger partial charge >= 0.3 is 11.7 Å². The summed E-state index contributed by atoms with van der Waals surface area (Å²) in [5.74, 6) is -0.985. The molecule has 1 unspecified atom stereocenters. The van der Waals surface area contributed by atoms with E-state index in [1.807, 2.05) is 0 Å². The number of methoxy groups -OCH3 is 1. The van der Waals surface area contributed by atoms with Gasteiger partial charge in [0.25, 0.3) is 0 Å². The van der Waals surface area contributed by atoms with E-state index in [1.165, 1.54) is 37.0 Å². The predicted octanol–water partition coefficient (Wildman–Crippen LogP) is 2.76. The standard InChI is InChI=1S/C15H18N4O5S/c1-7-6-11(15(21)24-5)14(25-7)16-13(20)10(4)18-9(3)12(19(22)23)8(2)17-18/h6,10H,1-5H3,(H,16,20). The molecule has 9 nitrogen and oxygen atoms in total. The van der Waals surface area contributed by atoms with Crippen LogP contribution < -0.4 is 5.32 Å². The molecule has 1 amide bonds. The van der Waals surface area contributed by atoms with Crippen LogP contribution in [0.15, 0.2) is 6.07 Å². The maximum atomic E-state index is 12.5. The van der Waals surface area contributed by atoms with Crippen molar-refractivity contribution in [3.05, 3.63) is 38.0 Å². The third kappa shape index (κ3) is 3.53. The first kappa shape index (κ1) is 18.6. The van der Waals surface area contributed by atoms with Crippen molar-refractivity contribution in [2.45, 2.75) is 33.7 Å². The Kier molecular flexibility index (Phi) is 5.21. The van der Waals surface area contributed by atoms with Crippen LogP contribution in [0.2, 0.25) is 0 Å². The third-order valence-corrected chi connectivity index (χ3v) is 4.68. The molecule has 0 bridgehead atoms. The summed E-state index contributed by atoms with van der Waals surface area (Å²) in [5, 5.41) is 18.2. The van der Waals surface area contributed by atoms with Gasteiger partial charge in [0, 0.05) is 4.88 Å². The van der Waals surface area contributed by atoms with Crippen molar-refractivity contribution in [2.75, 3.05) is 12.4 Å². The molecular weight excluding hydrogens is 348 g/mol. The first-order valence-corrected chi connectivity index (χ1v) is 8.18. The molecule has 2 heterocycles. The largest absolute Gasteiger partial charge is 0.465 e. The van der Waals surface area contributed by atoms with Gasteiger partial charge in [-0.1, -0.05) is 0 Å². The lowest BCUT2D eigenvalue weighted by molar-refractivity contribution is -0.386. The molecule has 0 aliphatic rings. The molecule has 2 aromatic heterocycles. The summed E-state index contributed by atoms with van der Waals surface area (Å²) in [6.07, 6.45) is 0. The van der Waals surface area contributed by atoms with E-state index in [0.29, 0.717) is 10.7 Å². The van der Waals surface area contributed by atoms with Crippen molar-refractivity contribution in [3.63, 3.8) is 0 Å². The van der Waals surface area contributed by atoms with Crippen molar-refractivity contribution in [3.8, 4) is 0 Å². The number of nitrogens with one attached hydrogen (secondary N) is 1. The van der Waals surface area contributed by atoms with E-state index in [9.17, 15) is 19.7 Å². The summed E-state index contributed by atoms with van der Waals surface area (Å²) in [7, 11) is 1.26. The maximum absolute atomic E-state index is 12.5. The first-order chi connectivity index (χ1) is 11.7. The number of thiophene rings is 1. The molecule has 1 N–H and O–H groups in total. The zero-order chi connectivity index (χ0) is 18.9. The third-order valence-electron chi connectivity index (χ3n) is 3.71. The second-order valence-electron chi connectivity index (χ2n) is 5.48. The van der Waals surface area contributed by atoms with Gasteiger partial charge in [-0.25, -0.2) is 4.79 Å². The second-order valence-corrected chi connectivity index (χ2v) is 6.73. The summed E-state index contributed by atoms with van der Waals surface area (Å²) in [6, 6.07) is 0.839. The van der Waals surface area contributed by atoms with Crippen LogP contribution in [0, 0.1) is 30.9 Å². The van der Waals surface area contributed by atoms with Gasteiger partial charge in [0.1, 0.15) is 22.4 Å². The van der Waals surface area contributed by atoms with Crippen LogP contribution in [0.4, 0.5) is 10.7 Å². The number of aryl methyl sites for hydroxylation is 2. The fraction of sp³-hybridized carbons (Fsp3) is 0.400. The number of carbonyl (C=O) groups is 2. The highest BCUT2D eigenvalue weighted by molar-refractivity contribution is 7.16. The quantitative estimate of drug-likeness (QED) is 0.494. The maximum Gasteiger partial charge on any atom is 0.340 e. The van der Waals surface area contributed by atoms with Gasteiger partial charge in [-0.3, -0.25) is 19.6 Å². The molecule has 2 aromatic rings. The van der Waals surface area contributed by atoms with Crippen LogP contribution in [-0.2, 0) is 9.53 Å². The number of aromatic nitrogens is 2. The van der Waals surface area contributed by atoms with E-state index in [-0.39, 0.29) is 16.9 Å². The molecule has 1 atom stereocenters. The van der Waals surface area contributed by atoms with Crippen LogP contribution in [0.5, 0.6) is 0 Å². The fourth-order valence-electron chi connectivity index (χ4n) is 2.49. The molecule has 0 aliphatic heterocycles. The lowest BCUT2D eigenvalue weighted by atomic mass is 10.2. The minimum absolute atomic E-state index is 0.109. The smallest absolute Gasteiger partial charge is 0.340 e. The van der Waals surface area contributed by atoms with E-state index in [4.69, 9.17) is 4.74 Å². The van der Waals surface area contributed by atoms with E-state index < -0.39 is 22.8 Å². The van der Waals surface area contributed by atoms with E-state index >= 15 is 0 Å². The van der Waals surface area contributed by atoms with Crippen molar-refractivity contribution >= 4 is 33.9 Å². The number of anilines is 1. The minimum Gasteiger partial charge on any atom is -0.465 e. The van der Waals surface area contributed by atoms with Crippen molar-refractivity contribution in [1.82, 2.24) is 9.78 Å². The molecule has 134 valence electrons. The molecule has 25 heavy (non-hydrogen) atoms. The van der Waals surface area contributed by atoms with Crippen molar-refractivity contribution in [1.29, 1.82) is 0 Å². The molecule has 0 saturated carbocycles. The average Bonchev–Trinajstić information content (AvgIpc) is 3.05. The molecule has 10 heteroatoms. The SMILES string of the molecule is COC(=O)c1cc(C)sc1NC(=O)C(C)n1nc(C)c([N+](=O)[O-])c1C. The highest BCUT2D eigenvalue weighted by atomic mass is 32.1. The fourth-order valence-corrected chi connectivity index (χ4v) is 3.39. The summed E-state index contributed by atoms with van der Waals surface area (Å²) in [5.41, 5.74) is 0.692. The highest BCUT2D eigenvalue weighted by Gasteiger charge is 2.28. The topological polar surface area (TPSA) is 116 Å². The van der Waals surface area contributed by atoms with Crippen LogP contribution in [0.1, 0.15) is 39.6 Å². The van der Waals surface area contributed by atoms with Gasteiger partial charge in [0.2, 0.25) is 5.91 Å². The number of hydrogen-bond acceptors (Lipinski definition) is 7. The van der Waals surface area contributed by atoms with Crippen molar-refractivity contribution in [2.24, 2.45) is 0 Å². The summed E-state index contributed by atoms with van der Waals surface area (Å²) < 4.78 is 6.01. The molecule has 0 spiro atoms. The Morgan fingerprint density at radius 3 is 2.56 bits per heavy atom. The lowest BCUT2D eigenvalue weighted by Crippen LogP contribution is -2.25. The van der Waals surface area contributed by atoms with Gasteiger partial charge in [0.05, 0.1) is 17.6 Å². The van der Waals surface area contributed by atoms with Crippen LogP contribution in [-0.4, -0.2) is 33.7 Å². The number of esters is 1. The monoisotopic (exact) mass is 366 g/mol. The number of hydrogen-bond donors (Lipinski definition) is 1. The van der Waals surface area contributed by atoms with Crippen LogP contribution >= 0.6 is 11.3 Å². The number of rotatable bonds is 5. The summed E-state index contributed by atoms with van der Waals surface area (Å²) in [6.45, 7) is 6.44. The number of nitrogens with zero attached hydrogens (tertiary/aromatic N) is 3. The molecular formula is C15H18N4O5S. The Labute approximate surface area is 147 Å². The zero-order valence-corrected chi connectivity index (χ0v) is 15.3. The predicted molar refractivity (Wildman–Crippen MR) is 92.1 cm³/mol. The molecule has 0 radical (unpaired) electrons. The molecule has 2 rings (SSSR count). The number of ether oxygens (including phenoxy) is 1. The van der Waals surface area contributed by atoms with E-state index in [2.05, 4.69) is 10.4 Å². The van der Waals surface area contributed by atoms with Gasteiger partial charge < -0.3 is 10.1 Å². The van der Waals surface area contributed by atoms with Gasteiger partial charge in [-0.2, -0.15) is 5.10 Å².